The van der Waals surface area contributed by atoms with Gasteiger partial charge in [0.25, 0.3) is 0 Å². The molecule has 4 N–H and O–H groups in total. The number of carbonyl (C=O) groups excluding carboxylic acids is 3. The zero-order valence-electron chi connectivity index (χ0n) is 10.8. The van der Waals surface area contributed by atoms with Crippen molar-refractivity contribution in [3.63, 3.8) is 0 Å². The Morgan fingerprint density at radius 3 is 2.11 bits per heavy atom. The van der Waals surface area contributed by atoms with E-state index in [1.807, 2.05) is 0 Å². The minimum Gasteiger partial charge on any atom is -0.460 e. The van der Waals surface area contributed by atoms with E-state index in [9.17, 15) is 14.4 Å². The van der Waals surface area contributed by atoms with Crippen LogP contribution in [0.5, 0.6) is 0 Å². The van der Waals surface area contributed by atoms with E-state index in [2.05, 4.69) is 0 Å². The molecule has 1 saturated heterocycles. The van der Waals surface area contributed by atoms with E-state index in [4.69, 9.17) is 16.2 Å². The number of nitrogens with zero attached hydrogens (tertiary/aromatic N) is 1. The first-order valence-electron chi connectivity index (χ1n) is 5.69. The van der Waals surface area contributed by atoms with Gasteiger partial charge in [0.05, 0.1) is 12.0 Å². The Kier molecular flexibility index (Phi) is 3.83. The van der Waals surface area contributed by atoms with Crippen molar-refractivity contribution in [2.75, 3.05) is 6.54 Å². The highest BCUT2D eigenvalue weighted by Crippen LogP contribution is 2.23. The van der Waals surface area contributed by atoms with Crippen LogP contribution in [0.4, 0.5) is 4.79 Å². The summed E-state index contributed by atoms with van der Waals surface area (Å²) in [6, 6.07) is -1.55. The van der Waals surface area contributed by atoms with E-state index in [0.717, 1.165) is 4.90 Å². The largest absolute Gasteiger partial charge is 0.460 e. The fourth-order valence-corrected chi connectivity index (χ4v) is 1.72. The van der Waals surface area contributed by atoms with Crippen LogP contribution in [-0.4, -0.2) is 41.5 Å². The number of nitrogens with two attached hydrogens (primary N) is 2. The lowest BCUT2D eigenvalue weighted by molar-refractivity contribution is -0.158. The molecular formula is C11H19N3O4. The number of primary amides is 2. The van der Waals surface area contributed by atoms with Crippen LogP contribution in [0.2, 0.25) is 0 Å². The molecule has 1 aliphatic heterocycles. The number of esters is 1. The lowest BCUT2D eigenvalue weighted by Gasteiger charge is -2.20. The van der Waals surface area contributed by atoms with Crippen LogP contribution in [0.15, 0.2) is 0 Å². The maximum atomic E-state index is 11.7. The molecule has 7 heteroatoms. The van der Waals surface area contributed by atoms with Crippen LogP contribution in [-0.2, 0) is 14.3 Å². The molecular weight excluding hydrogens is 238 g/mol. The molecule has 0 aromatic heterocycles. The number of urea groups is 1. The van der Waals surface area contributed by atoms with Gasteiger partial charge in [-0.05, 0) is 20.8 Å². The second kappa shape index (κ2) is 4.83. The summed E-state index contributed by atoms with van der Waals surface area (Å²) in [6.45, 7) is 5.27. The van der Waals surface area contributed by atoms with E-state index in [0.29, 0.717) is 0 Å². The Morgan fingerprint density at radius 1 is 1.22 bits per heavy atom. The zero-order chi connectivity index (χ0) is 14.1. The van der Waals surface area contributed by atoms with E-state index in [1.165, 1.54) is 0 Å². The molecule has 7 nitrogen and oxygen atoms in total. The van der Waals surface area contributed by atoms with Gasteiger partial charge in [0, 0.05) is 6.42 Å². The van der Waals surface area contributed by atoms with Gasteiger partial charge in [0.15, 0.2) is 0 Å². The van der Waals surface area contributed by atoms with Gasteiger partial charge >= 0.3 is 12.0 Å². The van der Waals surface area contributed by atoms with Gasteiger partial charge in [-0.1, -0.05) is 0 Å². The lowest BCUT2D eigenvalue weighted by atomic mass is 9.97. The average molecular weight is 257 g/mol. The summed E-state index contributed by atoms with van der Waals surface area (Å²) in [4.78, 5) is 35.1. The molecule has 1 rings (SSSR count). The maximum absolute atomic E-state index is 11.7. The number of carbonyl (C=O) groups is 3. The van der Waals surface area contributed by atoms with Crippen molar-refractivity contribution in [1.82, 2.24) is 4.90 Å². The highest BCUT2D eigenvalue weighted by atomic mass is 16.5. The summed E-state index contributed by atoms with van der Waals surface area (Å²) >= 11 is 0. The molecule has 0 spiro atoms. The Morgan fingerprint density at radius 2 is 1.78 bits per heavy atom. The van der Waals surface area contributed by atoms with Gasteiger partial charge in [-0.2, -0.15) is 0 Å². The second-order valence-electron chi connectivity index (χ2n) is 5.42. The number of hydrogen-bond donors (Lipinski definition) is 2. The van der Waals surface area contributed by atoms with Crippen molar-refractivity contribution < 1.29 is 19.1 Å². The molecule has 102 valence electrons. The van der Waals surface area contributed by atoms with Gasteiger partial charge in [0.1, 0.15) is 12.1 Å². The standard InChI is InChI=1S/C11H19N3O4/c1-11(2,3)9(16)18-6-4-7(8(12)15)14(5-6)10(13)17/h6-7H,4-5H2,1-3H3,(H2,12,15)(H2,13,17). The normalized spacial score (nSPS) is 23.8. The van der Waals surface area contributed by atoms with E-state index >= 15 is 0 Å². The lowest BCUT2D eigenvalue weighted by Crippen LogP contribution is -2.46. The second-order valence-corrected chi connectivity index (χ2v) is 5.42. The Hall–Kier alpha value is -1.79. The summed E-state index contributed by atoms with van der Waals surface area (Å²) in [5, 5.41) is 0. The van der Waals surface area contributed by atoms with Crippen molar-refractivity contribution in [2.24, 2.45) is 16.9 Å². The third-order valence-corrected chi connectivity index (χ3v) is 2.76. The molecule has 2 atom stereocenters. The first kappa shape index (κ1) is 14.3. The molecule has 3 amide bonds. The van der Waals surface area contributed by atoms with Gasteiger partial charge < -0.3 is 21.1 Å². The van der Waals surface area contributed by atoms with Crippen LogP contribution < -0.4 is 11.5 Å². The Balaban J connectivity index is 2.70. The number of hydrogen-bond acceptors (Lipinski definition) is 4. The van der Waals surface area contributed by atoms with Crippen LogP contribution >= 0.6 is 0 Å². The minimum atomic E-state index is -0.805. The number of ether oxygens (including phenoxy) is 1. The summed E-state index contributed by atoms with van der Waals surface area (Å²) in [6.07, 6.45) is -0.346. The molecule has 0 bridgehead atoms. The molecule has 1 fully saturated rings. The van der Waals surface area contributed by atoms with Crippen molar-refractivity contribution in [2.45, 2.75) is 39.3 Å². The first-order chi connectivity index (χ1) is 8.12. The highest BCUT2D eigenvalue weighted by molar-refractivity contribution is 5.86. The third-order valence-electron chi connectivity index (χ3n) is 2.76. The van der Waals surface area contributed by atoms with E-state index in [-0.39, 0.29) is 18.9 Å². The summed E-state index contributed by atoms with van der Waals surface area (Å²) in [5.41, 5.74) is 9.68. The molecule has 0 aromatic rings. The van der Waals surface area contributed by atoms with E-state index < -0.39 is 29.5 Å². The molecule has 18 heavy (non-hydrogen) atoms. The third kappa shape index (κ3) is 3.12. The number of amides is 3. The zero-order valence-corrected chi connectivity index (χ0v) is 10.8. The highest BCUT2D eigenvalue weighted by Gasteiger charge is 2.40. The van der Waals surface area contributed by atoms with Gasteiger partial charge in [-0.25, -0.2) is 4.79 Å². The summed E-state index contributed by atoms with van der Waals surface area (Å²) in [7, 11) is 0. The van der Waals surface area contributed by atoms with E-state index in [1.54, 1.807) is 20.8 Å². The fourth-order valence-electron chi connectivity index (χ4n) is 1.72. The monoisotopic (exact) mass is 257 g/mol. The molecule has 0 radical (unpaired) electrons. The SMILES string of the molecule is CC(C)(C)C(=O)OC1CC(C(N)=O)N(C(N)=O)C1. The Bertz CT molecular complexity index is 353. The van der Waals surface area contributed by atoms with Crippen LogP contribution in [0.25, 0.3) is 0 Å². The van der Waals surface area contributed by atoms with Crippen LogP contribution in [0, 0.1) is 5.41 Å². The molecule has 0 aromatic carbocycles. The quantitative estimate of drug-likeness (QED) is 0.653. The molecule has 2 unspecified atom stereocenters. The van der Waals surface area contributed by atoms with Gasteiger partial charge in [-0.15, -0.1) is 0 Å². The maximum Gasteiger partial charge on any atom is 0.315 e. The molecule has 0 aliphatic carbocycles. The summed E-state index contributed by atoms with van der Waals surface area (Å²) < 4.78 is 5.24. The smallest absolute Gasteiger partial charge is 0.315 e. The average Bonchev–Trinajstić information content (AvgIpc) is 2.60. The number of rotatable bonds is 2. The van der Waals surface area contributed by atoms with Gasteiger partial charge in [0.2, 0.25) is 5.91 Å². The molecule has 0 saturated carbocycles. The van der Waals surface area contributed by atoms with Gasteiger partial charge in [-0.3, -0.25) is 9.59 Å². The topological polar surface area (TPSA) is 116 Å². The first-order valence-corrected chi connectivity index (χ1v) is 5.69. The molecule has 1 heterocycles. The predicted octanol–water partition coefficient (Wildman–Crippen LogP) is -0.417. The van der Waals surface area contributed by atoms with Crippen molar-refractivity contribution in [3.05, 3.63) is 0 Å². The van der Waals surface area contributed by atoms with Crippen molar-refractivity contribution >= 4 is 17.9 Å². The van der Waals surface area contributed by atoms with Crippen LogP contribution in [0.1, 0.15) is 27.2 Å². The summed E-state index contributed by atoms with van der Waals surface area (Å²) in [5.74, 6) is -1.04. The minimum absolute atomic E-state index is 0.102. The van der Waals surface area contributed by atoms with Crippen molar-refractivity contribution in [1.29, 1.82) is 0 Å². The number of likely N-dealkylation sites (tertiary alicyclic amines) is 1. The molecule has 1 aliphatic rings. The van der Waals surface area contributed by atoms with Crippen molar-refractivity contribution in [3.8, 4) is 0 Å². The van der Waals surface area contributed by atoms with Crippen LogP contribution in [0.3, 0.4) is 0 Å². The Labute approximate surface area is 105 Å². The predicted molar refractivity (Wildman–Crippen MR) is 63.2 cm³/mol. The fraction of sp³-hybridized carbons (Fsp3) is 0.727.